The van der Waals surface area contributed by atoms with Gasteiger partial charge in [0, 0.05) is 12.0 Å². The van der Waals surface area contributed by atoms with Crippen LogP contribution in [0, 0.1) is 0 Å². The Kier molecular flexibility index (Phi) is 3.12. The first-order valence-corrected chi connectivity index (χ1v) is 4.97. The van der Waals surface area contributed by atoms with Crippen LogP contribution in [0.25, 0.3) is 0 Å². The first-order chi connectivity index (χ1) is 5.66. The lowest BCUT2D eigenvalue weighted by molar-refractivity contribution is -0.122. The van der Waals surface area contributed by atoms with Gasteiger partial charge in [0.25, 0.3) is 0 Å². The summed E-state index contributed by atoms with van der Waals surface area (Å²) < 4.78 is 0. The van der Waals surface area contributed by atoms with E-state index in [0.29, 0.717) is 6.42 Å². The van der Waals surface area contributed by atoms with Gasteiger partial charge in [-0.3, -0.25) is 4.79 Å². The van der Waals surface area contributed by atoms with Crippen molar-refractivity contribution in [2.75, 3.05) is 0 Å². The zero-order chi connectivity index (χ0) is 9.03. The highest BCUT2D eigenvalue weighted by atomic mass is 16.1. The molecule has 1 aliphatic rings. The van der Waals surface area contributed by atoms with Gasteiger partial charge in [0.1, 0.15) is 0 Å². The molecule has 0 unspecified atom stereocenters. The highest BCUT2D eigenvalue weighted by Crippen LogP contribution is 2.28. The van der Waals surface area contributed by atoms with E-state index in [2.05, 4.69) is 12.2 Å². The van der Waals surface area contributed by atoms with E-state index in [1.165, 1.54) is 12.8 Å². The minimum absolute atomic E-state index is 0.117. The van der Waals surface area contributed by atoms with Crippen LogP contribution in [0.5, 0.6) is 0 Å². The van der Waals surface area contributed by atoms with Crippen LogP contribution in [-0.4, -0.2) is 11.4 Å². The summed E-state index contributed by atoms with van der Waals surface area (Å²) in [5.74, 6) is 0.224. The molecule has 1 saturated carbocycles. The molecule has 0 aromatic rings. The maximum atomic E-state index is 11.3. The summed E-state index contributed by atoms with van der Waals surface area (Å²) >= 11 is 0. The zero-order valence-corrected chi connectivity index (χ0v) is 8.15. The molecule has 1 amide bonds. The molecule has 1 N–H and O–H groups in total. The van der Waals surface area contributed by atoms with Gasteiger partial charge in [-0.25, -0.2) is 0 Å². The van der Waals surface area contributed by atoms with E-state index in [9.17, 15) is 4.79 Å². The molecule has 0 spiro atoms. The van der Waals surface area contributed by atoms with E-state index in [0.717, 1.165) is 19.3 Å². The second kappa shape index (κ2) is 3.92. The van der Waals surface area contributed by atoms with Gasteiger partial charge in [-0.05, 0) is 26.2 Å². The zero-order valence-electron chi connectivity index (χ0n) is 8.15. The quantitative estimate of drug-likeness (QED) is 0.689. The first-order valence-electron chi connectivity index (χ1n) is 4.97. The topological polar surface area (TPSA) is 29.1 Å². The fourth-order valence-electron chi connectivity index (χ4n) is 1.91. The molecule has 0 radical (unpaired) electrons. The molecular weight excluding hydrogens is 150 g/mol. The van der Waals surface area contributed by atoms with Crippen molar-refractivity contribution >= 4 is 5.91 Å². The van der Waals surface area contributed by atoms with Gasteiger partial charge in [0.05, 0.1) is 0 Å². The summed E-state index contributed by atoms with van der Waals surface area (Å²) in [5, 5.41) is 3.12. The van der Waals surface area contributed by atoms with Gasteiger partial charge in [-0.2, -0.15) is 0 Å². The maximum absolute atomic E-state index is 11.3. The van der Waals surface area contributed by atoms with Gasteiger partial charge in [0.2, 0.25) is 5.91 Å². The number of amides is 1. The van der Waals surface area contributed by atoms with Crippen molar-refractivity contribution in [1.82, 2.24) is 5.32 Å². The minimum atomic E-state index is 0.117. The van der Waals surface area contributed by atoms with E-state index >= 15 is 0 Å². The van der Waals surface area contributed by atoms with E-state index in [1.807, 2.05) is 6.92 Å². The van der Waals surface area contributed by atoms with Crippen molar-refractivity contribution in [3.8, 4) is 0 Å². The molecule has 1 rings (SSSR count). The summed E-state index contributed by atoms with van der Waals surface area (Å²) in [6, 6.07) is 0. The summed E-state index contributed by atoms with van der Waals surface area (Å²) in [6.45, 7) is 4.20. The van der Waals surface area contributed by atoms with Crippen molar-refractivity contribution in [2.45, 2.75) is 57.9 Å². The molecular formula is C10H19NO. The number of carbonyl (C=O) groups is 1. The normalized spacial score (nSPS) is 20.8. The Balaban J connectivity index is 2.33. The van der Waals surface area contributed by atoms with Crippen LogP contribution in [0.15, 0.2) is 0 Å². The molecule has 70 valence electrons. The standard InChI is InChI=1S/C10H19NO/c1-3-6-9(12)11-10(2)7-4-5-8-10/h3-8H2,1-2H3,(H,11,12). The molecule has 0 aromatic heterocycles. The van der Waals surface area contributed by atoms with E-state index in [-0.39, 0.29) is 11.4 Å². The van der Waals surface area contributed by atoms with Gasteiger partial charge in [-0.15, -0.1) is 0 Å². The van der Waals surface area contributed by atoms with Gasteiger partial charge >= 0.3 is 0 Å². The number of hydrogen-bond donors (Lipinski definition) is 1. The van der Waals surface area contributed by atoms with E-state index in [1.54, 1.807) is 0 Å². The van der Waals surface area contributed by atoms with Crippen LogP contribution in [0.3, 0.4) is 0 Å². The predicted molar refractivity (Wildman–Crippen MR) is 49.9 cm³/mol. The number of nitrogens with one attached hydrogen (secondary N) is 1. The van der Waals surface area contributed by atoms with E-state index < -0.39 is 0 Å². The van der Waals surface area contributed by atoms with Gasteiger partial charge < -0.3 is 5.32 Å². The number of carbonyl (C=O) groups excluding carboxylic acids is 1. The fraction of sp³-hybridized carbons (Fsp3) is 0.900. The lowest BCUT2D eigenvalue weighted by Crippen LogP contribution is -2.43. The Morgan fingerprint density at radius 3 is 2.50 bits per heavy atom. The third-order valence-electron chi connectivity index (χ3n) is 2.63. The van der Waals surface area contributed by atoms with Crippen molar-refractivity contribution in [3.63, 3.8) is 0 Å². The molecule has 1 aliphatic carbocycles. The van der Waals surface area contributed by atoms with Gasteiger partial charge in [0.15, 0.2) is 0 Å². The summed E-state index contributed by atoms with van der Waals surface area (Å²) in [7, 11) is 0. The van der Waals surface area contributed by atoms with E-state index in [4.69, 9.17) is 0 Å². The SMILES string of the molecule is CCCC(=O)NC1(C)CCCC1. The van der Waals surface area contributed by atoms with Crippen LogP contribution >= 0.6 is 0 Å². The Labute approximate surface area is 74.7 Å². The second-order valence-corrected chi connectivity index (χ2v) is 4.07. The van der Waals surface area contributed by atoms with Crippen molar-refractivity contribution < 1.29 is 4.79 Å². The van der Waals surface area contributed by atoms with Crippen molar-refractivity contribution in [1.29, 1.82) is 0 Å². The minimum Gasteiger partial charge on any atom is -0.351 e. The highest BCUT2D eigenvalue weighted by Gasteiger charge is 2.29. The monoisotopic (exact) mass is 169 g/mol. The Morgan fingerprint density at radius 1 is 1.42 bits per heavy atom. The number of rotatable bonds is 3. The predicted octanol–water partition coefficient (Wildman–Crippen LogP) is 2.24. The molecule has 2 heteroatoms. The average Bonchev–Trinajstić information content (AvgIpc) is 2.36. The van der Waals surface area contributed by atoms with Crippen LogP contribution in [0.2, 0.25) is 0 Å². The third-order valence-corrected chi connectivity index (χ3v) is 2.63. The van der Waals surface area contributed by atoms with Crippen molar-refractivity contribution in [2.24, 2.45) is 0 Å². The molecule has 12 heavy (non-hydrogen) atoms. The second-order valence-electron chi connectivity index (χ2n) is 4.07. The lowest BCUT2D eigenvalue weighted by Gasteiger charge is -2.25. The summed E-state index contributed by atoms with van der Waals surface area (Å²) in [5.41, 5.74) is 0.117. The molecule has 0 aromatic carbocycles. The number of hydrogen-bond acceptors (Lipinski definition) is 1. The molecule has 0 bridgehead atoms. The van der Waals surface area contributed by atoms with Crippen LogP contribution < -0.4 is 5.32 Å². The first kappa shape index (κ1) is 9.56. The lowest BCUT2D eigenvalue weighted by atomic mass is 10.0. The smallest absolute Gasteiger partial charge is 0.220 e. The average molecular weight is 169 g/mol. The molecule has 0 heterocycles. The van der Waals surface area contributed by atoms with Crippen molar-refractivity contribution in [3.05, 3.63) is 0 Å². The Morgan fingerprint density at radius 2 is 2.00 bits per heavy atom. The van der Waals surface area contributed by atoms with Gasteiger partial charge in [-0.1, -0.05) is 19.8 Å². The molecule has 1 fully saturated rings. The third kappa shape index (κ3) is 2.50. The Bertz CT molecular complexity index is 159. The van der Waals surface area contributed by atoms with Crippen LogP contribution in [-0.2, 0) is 4.79 Å². The molecule has 2 nitrogen and oxygen atoms in total. The fourth-order valence-corrected chi connectivity index (χ4v) is 1.91. The largest absolute Gasteiger partial charge is 0.351 e. The van der Waals surface area contributed by atoms with Crippen LogP contribution in [0.1, 0.15) is 52.4 Å². The maximum Gasteiger partial charge on any atom is 0.220 e. The molecule has 0 atom stereocenters. The van der Waals surface area contributed by atoms with Crippen LogP contribution in [0.4, 0.5) is 0 Å². The molecule has 0 aliphatic heterocycles. The summed E-state index contributed by atoms with van der Waals surface area (Å²) in [6.07, 6.45) is 6.47. The Hall–Kier alpha value is -0.530. The highest BCUT2D eigenvalue weighted by molar-refractivity contribution is 5.76. The molecule has 0 saturated heterocycles. The summed E-state index contributed by atoms with van der Waals surface area (Å²) in [4.78, 5) is 11.3.